The van der Waals surface area contributed by atoms with Gasteiger partial charge in [0.2, 0.25) is 5.95 Å². The molecule has 1 unspecified atom stereocenters. The van der Waals surface area contributed by atoms with Crippen LogP contribution in [0.3, 0.4) is 0 Å². The van der Waals surface area contributed by atoms with Crippen molar-refractivity contribution in [1.29, 1.82) is 0 Å². The van der Waals surface area contributed by atoms with Crippen molar-refractivity contribution in [1.82, 2.24) is 14.9 Å². The van der Waals surface area contributed by atoms with E-state index < -0.39 is 0 Å². The SMILES string of the molecule is CC1(CN=C(N)N2CCN(c3ncccn3)CC2)CCCS1. The highest BCUT2D eigenvalue weighted by atomic mass is 32.2. The number of anilines is 1. The molecule has 1 aromatic rings. The summed E-state index contributed by atoms with van der Waals surface area (Å²) >= 11 is 2.03. The number of aliphatic imine (C=N–C) groups is 1. The van der Waals surface area contributed by atoms with E-state index in [1.807, 2.05) is 17.8 Å². The fourth-order valence-electron chi connectivity index (χ4n) is 2.90. The molecule has 2 aliphatic rings. The summed E-state index contributed by atoms with van der Waals surface area (Å²) < 4.78 is 0.282. The molecule has 3 heterocycles. The predicted molar refractivity (Wildman–Crippen MR) is 92.4 cm³/mol. The van der Waals surface area contributed by atoms with Crippen molar-refractivity contribution >= 4 is 23.7 Å². The van der Waals surface area contributed by atoms with Gasteiger partial charge in [-0.1, -0.05) is 0 Å². The Bertz CT molecular complexity index is 506. The van der Waals surface area contributed by atoms with Gasteiger partial charge in [-0.15, -0.1) is 0 Å². The minimum absolute atomic E-state index is 0.282. The molecule has 120 valence electrons. The molecule has 7 heteroatoms. The third-order valence-electron chi connectivity index (χ3n) is 4.31. The van der Waals surface area contributed by atoms with E-state index in [9.17, 15) is 0 Å². The second kappa shape index (κ2) is 6.73. The molecule has 0 spiro atoms. The molecule has 3 rings (SSSR count). The van der Waals surface area contributed by atoms with Crippen molar-refractivity contribution in [2.24, 2.45) is 10.7 Å². The van der Waals surface area contributed by atoms with Crippen LogP contribution in [-0.4, -0.2) is 64.1 Å². The van der Waals surface area contributed by atoms with Crippen molar-refractivity contribution in [2.75, 3.05) is 43.4 Å². The van der Waals surface area contributed by atoms with E-state index in [-0.39, 0.29) is 4.75 Å². The van der Waals surface area contributed by atoms with Gasteiger partial charge in [0.05, 0.1) is 6.54 Å². The third kappa shape index (κ3) is 3.63. The maximum absolute atomic E-state index is 6.19. The zero-order valence-electron chi connectivity index (χ0n) is 13.1. The van der Waals surface area contributed by atoms with Crippen molar-refractivity contribution in [2.45, 2.75) is 24.5 Å². The van der Waals surface area contributed by atoms with Crippen LogP contribution in [-0.2, 0) is 0 Å². The Kier molecular flexibility index (Phi) is 4.71. The summed E-state index contributed by atoms with van der Waals surface area (Å²) in [5.41, 5.74) is 6.19. The molecule has 0 saturated carbocycles. The fourth-order valence-corrected chi connectivity index (χ4v) is 4.13. The number of piperazine rings is 1. The van der Waals surface area contributed by atoms with Crippen molar-refractivity contribution < 1.29 is 0 Å². The number of nitrogens with zero attached hydrogens (tertiary/aromatic N) is 5. The monoisotopic (exact) mass is 320 g/mol. The molecule has 0 radical (unpaired) electrons. The van der Waals surface area contributed by atoms with E-state index in [0.717, 1.165) is 38.7 Å². The van der Waals surface area contributed by atoms with E-state index in [0.29, 0.717) is 5.96 Å². The van der Waals surface area contributed by atoms with Crippen LogP contribution >= 0.6 is 11.8 Å². The Morgan fingerprint density at radius 3 is 2.68 bits per heavy atom. The van der Waals surface area contributed by atoms with Gasteiger partial charge in [0.25, 0.3) is 0 Å². The topological polar surface area (TPSA) is 70.6 Å². The number of rotatable bonds is 3. The van der Waals surface area contributed by atoms with Crippen LogP contribution in [0.4, 0.5) is 5.95 Å². The number of hydrogen-bond donors (Lipinski definition) is 1. The van der Waals surface area contributed by atoms with Gasteiger partial charge in [-0.05, 0) is 31.6 Å². The van der Waals surface area contributed by atoms with Crippen LogP contribution in [0.5, 0.6) is 0 Å². The van der Waals surface area contributed by atoms with Crippen LogP contribution in [0.2, 0.25) is 0 Å². The molecule has 1 aromatic heterocycles. The average molecular weight is 320 g/mol. The molecular formula is C15H24N6S. The van der Waals surface area contributed by atoms with Gasteiger partial charge >= 0.3 is 0 Å². The second-order valence-corrected chi connectivity index (χ2v) is 7.78. The predicted octanol–water partition coefficient (Wildman–Crippen LogP) is 1.20. The summed E-state index contributed by atoms with van der Waals surface area (Å²) in [6, 6.07) is 1.84. The summed E-state index contributed by atoms with van der Waals surface area (Å²) in [4.78, 5) is 17.6. The Morgan fingerprint density at radius 2 is 2.05 bits per heavy atom. The summed E-state index contributed by atoms with van der Waals surface area (Å²) in [7, 11) is 0. The molecule has 0 aliphatic carbocycles. The molecule has 2 fully saturated rings. The first-order chi connectivity index (χ1) is 10.7. The summed E-state index contributed by atoms with van der Waals surface area (Å²) in [6.45, 7) is 6.63. The molecule has 1 atom stereocenters. The molecule has 22 heavy (non-hydrogen) atoms. The van der Waals surface area contributed by atoms with Gasteiger partial charge in [-0.2, -0.15) is 11.8 Å². The molecule has 2 saturated heterocycles. The largest absolute Gasteiger partial charge is 0.370 e. The van der Waals surface area contributed by atoms with Gasteiger partial charge in [0, 0.05) is 43.3 Å². The lowest BCUT2D eigenvalue weighted by molar-refractivity contribution is 0.377. The number of nitrogens with two attached hydrogens (primary N) is 1. The van der Waals surface area contributed by atoms with Crippen LogP contribution < -0.4 is 10.6 Å². The second-order valence-electron chi connectivity index (χ2n) is 6.10. The normalized spacial score (nSPS) is 26.5. The Morgan fingerprint density at radius 1 is 1.32 bits per heavy atom. The highest BCUT2D eigenvalue weighted by molar-refractivity contribution is 8.00. The summed E-state index contributed by atoms with van der Waals surface area (Å²) in [5, 5.41) is 0. The number of guanidine groups is 1. The van der Waals surface area contributed by atoms with E-state index in [4.69, 9.17) is 5.73 Å². The minimum Gasteiger partial charge on any atom is -0.370 e. The van der Waals surface area contributed by atoms with Crippen LogP contribution in [0.25, 0.3) is 0 Å². The fraction of sp³-hybridized carbons (Fsp3) is 0.667. The Hall–Kier alpha value is -1.50. The van der Waals surface area contributed by atoms with Crippen molar-refractivity contribution in [3.63, 3.8) is 0 Å². The lowest BCUT2D eigenvalue weighted by Gasteiger charge is -2.35. The van der Waals surface area contributed by atoms with E-state index >= 15 is 0 Å². The van der Waals surface area contributed by atoms with E-state index in [2.05, 4.69) is 31.7 Å². The first-order valence-corrected chi connectivity index (χ1v) is 8.86. The molecule has 6 nitrogen and oxygen atoms in total. The zero-order valence-corrected chi connectivity index (χ0v) is 13.9. The quantitative estimate of drug-likeness (QED) is 0.666. The average Bonchev–Trinajstić information content (AvgIpc) is 3.01. The summed E-state index contributed by atoms with van der Waals surface area (Å²) in [6.07, 6.45) is 6.11. The third-order valence-corrected chi connectivity index (χ3v) is 5.84. The zero-order chi connectivity index (χ0) is 15.4. The van der Waals surface area contributed by atoms with Crippen LogP contribution in [0.1, 0.15) is 19.8 Å². The van der Waals surface area contributed by atoms with E-state index in [1.165, 1.54) is 18.6 Å². The molecule has 2 N–H and O–H groups in total. The standard InChI is InChI=1S/C15H24N6S/c1-15(4-2-11-22-15)12-19-13(16)20-7-9-21(10-8-20)14-17-5-3-6-18-14/h3,5-6H,2,4,7-12H2,1H3,(H2,16,19). The molecule has 0 bridgehead atoms. The smallest absolute Gasteiger partial charge is 0.225 e. The number of hydrogen-bond acceptors (Lipinski definition) is 5. The number of thioether (sulfide) groups is 1. The maximum atomic E-state index is 6.19. The maximum Gasteiger partial charge on any atom is 0.225 e. The highest BCUT2D eigenvalue weighted by Crippen LogP contribution is 2.37. The Balaban J connectivity index is 1.52. The van der Waals surface area contributed by atoms with Gasteiger partial charge in [-0.3, -0.25) is 4.99 Å². The van der Waals surface area contributed by atoms with Crippen molar-refractivity contribution in [3.05, 3.63) is 18.5 Å². The first kappa shape index (κ1) is 15.4. The van der Waals surface area contributed by atoms with Crippen molar-refractivity contribution in [3.8, 4) is 0 Å². The first-order valence-electron chi connectivity index (χ1n) is 7.87. The van der Waals surface area contributed by atoms with Gasteiger partial charge in [0.1, 0.15) is 0 Å². The minimum atomic E-state index is 0.282. The lowest BCUT2D eigenvalue weighted by atomic mass is 10.1. The van der Waals surface area contributed by atoms with E-state index in [1.54, 1.807) is 12.4 Å². The van der Waals surface area contributed by atoms with Gasteiger partial charge < -0.3 is 15.5 Å². The van der Waals surface area contributed by atoms with Crippen LogP contribution in [0.15, 0.2) is 23.5 Å². The lowest BCUT2D eigenvalue weighted by Crippen LogP contribution is -2.51. The van der Waals surface area contributed by atoms with Gasteiger partial charge in [-0.25, -0.2) is 9.97 Å². The van der Waals surface area contributed by atoms with Gasteiger partial charge in [0.15, 0.2) is 5.96 Å². The molecule has 2 aliphatic heterocycles. The summed E-state index contributed by atoms with van der Waals surface area (Å²) in [5.74, 6) is 2.73. The molecular weight excluding hydrogens is 296 g/mol. The molecule has 0 aromatic carbocycles. The van der Waals surface area contributed by atoms with Crippen LogP contribution in [0, 0.1) is 0 Å². The molecule has 0 amide bonds. The Labute approximate surface area is 136 Å². The number of aromatic nitrogens is 2. The highest BCUT2D eigenvalue weighted by Gasteiger charge is 2.29.